The second-order valence-corrected chi connectivity index (χ2v) is 6.31. The largest absolute Gasteiger partial charge is 0.374 e. The molecular weight excluding hydrogens is 318 g/mol. The molecule has 1 amide bonds. The predicted octanol–water partition coefficient (Wildman–Crippen LogP) is 1.31. The number of amides is 1. The summed E-state index contributed by atoms with van der Waals surface area (Å²) in [5.41, 5.74) is 1.75. The van der Waals surface area contributed by atoms with Crippen LogP contribution in [0.4, 0.5) is 0 Å². The highest BCUT2D eigenvalue weighted by atomic mass is 16.5. The number of nitrogens with zero attached hydrogens (tertiary/aromatic N) is 1. The molecule has 2 heterocycles. The summed E-state index contributed by atoms with van der Waals surface area (Å²) in [7, 11) is 0. The van der Waals surface area contributed by atoms with E-state index in [1.165, 1.54) is 5.56 Å². The lowest BCUT2D eigenvalue weighted by Gasteiger charge is -2.33. The van der Waals surface area contributed by atoms with Crippen LogP contribution in [-0.2, 0) is 11.3 Å². The van der Waals surface area contributed by atoms with Crippen LogP contribution < -0.4 is 10.9 Å². The molecule has 2 aromatic rings. The van der Waals surface area contributed by atoms with Gasteiger partial charge in [-0.3, -0.25) is 14.5 Å². The zero-order chi connectivity index (χ0) is 17.6. The Kier molecular flexibility index (Phi) is 5.63. The van der Waals surface area contributed by atoms with E-state index in [1.54, 1.807) is 19.1 Å². The van der Waals surface area contributed by atoms with Crippen LogP contribution in [0.15, 0.2) is 47.3 Å². The highest BCUT2D eigenvalue weighted by molar-refractivity contribution is 5.93. The number of ether oxygens (including phenoxy) is 1. The number of nitrogens with one attached hydrogen (secondary N) is 2. The quantitative estimate of drug-likeness (QED) is 0.860. The molecule has 1 fully saturated rings. The van der Waals surface area contributed by atoms with Crippen molar-refractivity contribution < 1.29 is 9.53 Å². The average Bonchev–Trinajstić information content (AvgIpc) is 2.61. The molecule has 1 aromatic carbocycles. The number of aryl methyl sites for hydroxylation is 1. The van der Waals surface area contributed by atoms with Crippen molar-refractivity contribution in [2.75, 3.05) is 26.2 Å². The first-order chi connectivity index (χ1) is 12.1. The first-order valence-corrected chi connectivity index (χ1v) is 8.48. The Balaban J connectivity index is 1.52. The van der Waals surface area contributed by atoms with E-state index in [1.807, 2.05) is 18.2 Å². The van der Waals surface area contributed by atoms with Gasteiger partial charge in [0.15, 0.2) is 0 Å². The van der Waals surface area contributed by atoms with Crippen LogP contribution in [0.25, 0.3) is 0 Å². The molecule has 1 aliphatic heterocycles. The summed E-state index contributed by atoms with van der Waals surface area (Å²) in [6.45, 7) is 5.29. The topological polar surface area (TPSA) is 74.4 Å². The van der Waals surface area contributed by atoms with Crippen LogP contribution >= 0.6 is 0 Å². The maximum Gasteiger partial charge on any atom is 0.260 e. The monoisotopic (exact) mass is 341 g/mol. The van der Waals surface area contributed by atoms with E-state index in [0.717, 1.165) is 25.3 Å². The summed E-state index contributed by atoms with van der Waals surface area (Å²) in [4.78, 5) is 29.0. The summed E-state index contributed by atoms with van der Waals surface area (Å²) >= 11 is 0. The van der Waals surface area contributed by atoms with Crippen LogP contribution in [0.2, 0.25) is 0 Å². The minimum Gasteiger partial charge on any atom is -0.374 e. The molecule has 1 atom stereocenters. The maximum absolute atomic E-state index is 12.2. The van der Waals surface area contributed by atoms with Gasteiger partial charge in [-0.1, -0.05) is 30.3 Å². The summed E-state index contributed by atoms with van der Waals surface area (Å²) in [6.07, 6.45) is -0.0778. The number of rotatable bonds is 5. The minimum atomic E-state index is -0.370. The van der Waals surface area contributed by atoms with Crippen LogP contribution in [0.3, 0.4) is 0 Å². The molecule has 0 radical (unpaired) electrons. The van der Waals surface area contributed by atoms with Crippen molar-refractivity contribution in [1.82, 2.24) is 15.2 Å². The highest BCUT2D eigenvalue weighted by Gasteiger charge is 2.21. The van der Waals surface area contributed by atoms with Crippen molar-refractivity contribution in [2.24, 2.45) is 0 Å². The van der Waals surface area contributed by atoms with Gasteiger partial charge < -0.3 is 15.0 Å². The van der Waals surface area contributed by atoms with Crippen molar-refractivity contribution in [3.05, 3.63) is 69.6 Å². The Morgan fingerprint density at radius 3 is 2.84 bits per heavy atom. The van der Waals surface area contributed by atoms with Crippen molar-refractivity contribution in [3.8, 4) is 0 Å². The number of hydrogen-bond acceptors (Lipinski definition) is 4. The van der Waals surface area contributed by atoms with E-state index in [-0.39, 0.29) is 23.1 Å². The molecule has 0 aliphatic carbocycles. The Morgan fingerprint density at radius 1 is 1.28 bits per heavy atom. The number of benzene rings is 1. The van der Waals surface area contributed by atoms with E-state index in [4.69, 9.17) is 4.74 Å². The molecule has 1 saturated heterocycles. The third-order valence-electron chi connectivity index (χ3n) is 4.26. The number of H-pyrrole nitrogens is 1. The van der Waals surface area contributed by atoms with Crippen molar-refractivity contribution in [1.29, 1.82) is 0 Å². The molecule has 1 aromatic heterocycles. The lowest BCUT2D eigenvalue weighted by atomic mass is 10.2. The molecule has 6 nitrogen and oxygen atoms in total. The zero-order valence-electron chi connectivity index (χ0n) is 14.3. The van der Waals surface area contributed by atoms with E-state index in [2.05, 4.69) is 27.3 Å². The van der Waals surface area contributed by atoms with Gasteiger partial charge >= 0.3 is 0 Å². The number of morpholine rings is 1. The fourth-order valence-electron chi connectivity index (χ4n) is 2.94. The molecule has 6 heteroatoms. The lowest BCUT2D eigenvalue weighted by molar-refractivity contribution is -0.0292. The van der Waals surface area contributed by atoms with Crippen LogP contribution in [0.5, 0.6) is 0 Å². The Morgan fingerprint density at radius 2 is 2.08 bits per heavy atom. The number of hydrogen-bond donors (Lipinski definition) is 2. The van der Waals surface area contributed by atoms with Crippen LogP contribution in [-0.4, -0.2) is 48.1 Å². The fraction of sp³-hybridized carbons (Fsp3) is 0.368. The minimum absolute atomic E-state index is 0.0778. The predicted molar refractivity (Wildman–Crippen MR) is 95.6 cm³/mol. The fourth-order valence-corrected chi connectivity index (χ4v) is 2.94. The first-order valence-electron chi connectivity index (χ1n) is 8.48. The van der Waals surface area contributed by atoms with Gasteiger partial charge in [-0.2, -0.15) is 0 Å². The molecule has 25 heavy (non-hydrogen) atoms. The molecule has 0 spiro atoms. The Labute approximate surface area is 146 Å². The van der Waals surface area contributed by atoms with Gasteiger partial charge in [-0.25, -0.2) is 0 Å². The van der Waals surface area contributed by atoms with Crippen molar-refractivity contribution in [3.63, 3.8) is 0 Å². The smallest absolute Gasteiger partial charge is 0.260 e. The number of aromatic amines is 1. The second-order valence-electron chi connectivity index (χ2n) is 6.31. The van der Waals surface area contributed by atoms with Crippen molar-refractivity contribution >= 4 is 5.91 Å². The average molecular weight is 341 g/mol. The molecule has 3 rings (SSSR count). The number of pyridine rings is 1. The SMILES string of the molecule is Cc1ccc(C(=O)NC[C@@H]2CN(Cc3ccccc3)CCO2)c(=O)[nH]1. The van der Waals surface area contributed by atoms with E-state index >= 15 is 0 Å². The van der Waals surface area contributed by atoms with Gasteiger partial charge in [-0.15, -0.1) is 0 Å². The van der Waals surface area contributed by atoms with Gasteiger partial charge in [-0.05, 0) is 24.6 Å². The normalized spacial score (nSPS) is 18.0. The number of carbonyl (C=O) groups excluding carboxylic acids is 1. The molecule has 0 unspecified atom stereocenters. The van der Waals surface area contributed by atoms with E-state index in [0.29, 0.717) is 13.2 Å². The number of carbonyl (C=O) groups is 1. The number of aromatic nitrogens is 1. The lowest BCUT2D eigenvalue weighted by Crippen LogP contribution is -2.47. The van der Waals surface area contributed by atoms with Gasteiger partial charge in [0, 0.05) is 31.9 Å². The van der Waals surface area contributed by atoms with Gasteiger partial charge in [0.1, 0.15) is 5.56 Å². The first kappa shape index (κ1) is 17.4. The van der Waals surface area contributed by atoms with Crippen LogP contribution in [0.1, 0.15) is 21.6 Å². The molecular formula is C19H23N3O3. The molecule has 1 aliphatic rings. The third kappa shape index (κ3) is 4.78. The molecule has 2 N–H and O–H groups in total. The zero-order valence-corrected chi connectivity index (χ0v) is 14.3. The highest BCUT2D eigenvalue weighted by Crippen LogP contribution is 2.10. The van der Waals surface area contributed by atoms with E-state index < -0.39 is 0 Å². The summed E-state index contributed by atoms with van der Waals surface area (Å²) in [6, 6.07) is 13.6. The molecule has 0 bridgehead atoms. The molecule has 0 saturated carbocycles. The maximum atomic E-state index is 12.2. The second kappa shape index (κ2) is 8.09. The summed E-state index contributed by atoms with van der Waals surface area (Å²) in [5, 5.41) is 2.80. The van der Waals surface area contributed by atoms with Crippen LogP contribution in [0, 0.1) is 6.92 Å². The van der Waals surface area contributed by atoms with Gasteiger partial charge in [0.25, 0.3) is 11.5 Å². The Bertz CT molecular complexity index is 773. The molecule has 132 valence electrons. The van der Waals surface area contributed by atoms with Gasteiger partial charge in [0.2, 0.25) is 0 Å². The Hall–Kier alpha value is -2.44. The summed E-state index contributed by atoms with van der Waals surface area (Å²) in [5.74, 6) is -0.370. The van der Waals surface area contributed by atoms with Crippen molar-refractivity contribution in [2.45, 2.75) is 19.6 Å². The van der Waals surface area contributed by atoms with Gasteiger partial charge in [0.05, 0.1) is 12.7 Å². The third-order valence-corrected chi connectivity index (χ3v) is 4.26. The van der Waals surface area contributed by atoms with E-state index in [9.17, 15) is 9.59 Å². The standard InChI is InChI=1S/C19H23N3O3/c1-14-7-8-17(19(24)21-14)18(23)20-11-16-13-22(9-10-25-16)12-15-5-3-2-4-6-15/h2-8,16H,9-13H2,1H3,(H,20,23)(H,21,24)/t16-/m1/s1. The summed E-state index contributed by atoms with van der Waals surface area (Å²) < 4.78 is 5.74.